The third kappa shape index (κ3) is 2.57. The number of hydrogen-bond acceptors (Lipinski definition) is 2. The Morgan fingerprint density at radius 1 is 1.11 bits per heavy atom. The summed E-state index contributed by atoms with van der Waals surface area (Å²) in [6.45, 7) is 0.350. The molecule has 0 saturated heterocycles. The summed E-state index contributed by atoms with van der Waals surface area (Å²) in [7, 11) is 0. The van der Waals surface area contributed by atoms with Gasteiger partial charge in [-0.05, 0) is 41.8 Å². The summed E-state index contributed by atoms with van der Waals surface area (Å²) in [5.74, 6) is 0.522. The van der Waals surface area contributed by atoms with Crippen LogP contribution in [0.5, 0.6) is 5.75 Å². The Hall–Kier alpha value is -1.58. The molecule has 4 heteroatoms. The zero-order chi connectivity index (χ0) is 13.2. The van der Waals surface area contributed by atoms with Gasteiger partial charge in [-0.25, -0.2) is 4.39 Å². The second kappa shape index (κ2) is 5.19. The summed E-state index contributed by atoms with van der Waals surface area (Å²) >= 11 is 7.33. The van der Waals surface area contributed by atoms with Gasteiger partial charge in [0, 0.05) is 20.7 Å². The minimum absolute atomic E-state index is 0.201. The van der Waals surface area contributed by atoms with Crippen LogP contribution in [0.4, 0.5) is 4.39 Å². The molecule has 0 bridgehead atoms. The smallest absolute Gasteiger partial charge is 0.132 e. The number of hydrogen-bond donors (Lipinski definition) is 0. The lowest BCUT2D eigenvalue weighted by atomic mass is 10.2. The maximum atomic E-state index is 13.8. The Balaban J connectivity index is 1.84. The Labute approximate surface area is 119 Å². The molecule has 1 nitrogen and oxygen atoms in total. The van der Waals surface area contributed by atoms with Crippen LogP contribution in [0.25, 0.3) is 10.1 Å². The fourth-order valence-electron chi connectivity index (χ4n) is 1.91. The van der Waals surface area contributed by atoms with Crippen molar-refractivity contribution in [2.45, 2.75) is 6.61 Å². The molecule has 1 aromatic heterocycles. The highest BCUT2D eigenvalue weighted by atomic mass is 35.5. The monoisotopic (exact) mass is 292 g/mol. The predicted octanol–water partition coefficient (Wildman–Crippen LogP) is 5.27. The molecule has 0 aliphatic heterocycles. The Kier molecular flexibility index (Phi) is 3.40. The van der Waals surface area contributed by atoms with Crippen molar-refractivity contribution in [3.8, 4) is 5.75 Å². The summed E-state index contributed by atoms with van der Waals surface area (Å²) in [6.07, 6.45) is 0. The van der Waals surface area contributed by atoms with Crippen molar-refractivity contribution < 1.29 is 9.13 Å². The molecule has 96 valence electrons. The quantitative estimate of drug-likeness (QED) is 0.639. The lowest BCUT2D eigenvalue weighted by Gasteiger charge is -2.05. The number of fused-ring (bicyclic) bond motifs is 1. The lowest BCUT2D eigenvalue weighted by Crippen LogP contribution is -1.94. The van der Waals surface area contributed by atoms with Crippen LogP contribution in [0.1, 0.15) is 5.56 Å². The van der Waals surface area contributed by atoms with E-state index in [-0.39, 0.29) is 5.82 Å². The lowest BCUT2D eigenvalue weighted by molar-refractivity contribution is 0.308. The van der Waals surface area contributed by atoms with Crippen LogP contribution in [0.15, 0.2) is 47.8 Å². The summed E-state index contributed by atoms with van der Waals surface area (Å²) < 4.78 is 20.4. The van der Waals surface area contributed by atoms with Crippen molar-refractivity contribution in [1.29, 1.82) is 0 Å². The number of thiophene rings is 1. The standard InChI is InChI=1S/C15H10ClFOS/c16-11-4-6-12(7-5-11)18-8-10-9-19-14-3-1-2-13(17)15(10)14/h1-7,9H,8H2. The maximum Gasteiger partial charge on any atom is 0.132 e. The van der Waals surface area contributed by atoms with Crippen LogP contribution >= 0.6 is 22.9 Å². The van der Waals surface area contributed by atoms with Gasteiger partial charge in [0.05, 0.1) is 0 Å². The van der Waals surface area contributed by atoms with Gasteiger partial charge in [-0.1, -0.05) is 17.7 Å². The normalized spacial score (nSPS) is 10.8. The van der Waals surface area contributed by atoms with Crippen molar-refractivity contribution in [1.82, 2.24) is 0 Å². The minimum atomic E-state index is -0.201. The van der Waals surface area contributed by atoms with Crippen molar-refractivity contribution in [2.75, 3.05) is 0 Å². The molecule has 0 atom stereocenters. The molecule has 0 radical (unpaired) electrons. The molecule has 0 fully saturated rings. The molecule has 2 aromatic carbocycles. The van der Waals surface area contributed by atoms with Crippen LogP contribution in [-0.2, 0) is 6.61 Å². The van der Waals surface area contributed by atoms with E-state index in [0.29, 0.717) is 17.0 Å². The van der Waals surface area contributed by atoms with E-state index in [4.69, 9.17) is 16.3 Å². The molecule has 0 spiro atoms. The van der Waals surface area contributed by atoms with Crippen molar-refractivity contribution in [2.24, 2.45) is 0 Å². The molecule has 3 aromatic rings. The fraction of sp³-hybridized carbons (Fsp3) is 0.0667. The fourth-order valence-corrected chi connectivity index (χ4v) is 2.99. The van der Waals surface area contributed by atoms with Crippen LogP contribution < -0.4 is 4.74 Å². The van der Waals surface area contributed by atoms with E-state index in [9.17, 15) is 4.39 Å². The Morgan fingerprint density at radius 2 is 1.89 bits per heavy atom. The predicted molar refractivity (Wildman–Crippen MR) is 77.6 cm³/mol. The molecular formula is C15H10ClFOS. The first-order chi connectivity index (χ1) is 9.24. The number of rotatable bonds is 3. The average Bonchev–Trinajstić information content (AvgIpc) is 2.83. The first-order valence-electron chi connectivity index (χ1n) is 5.77. The maximum absolute atomic E-state index is 13.8. The zero-order valence-corrected chi connectivity index (χ0v) is 11.5. The summed E-state index contributed by atoms with van der Waals surface area (Å²) in [5.41, 5.74) is 0.869. The number of halogens is 2. The van der Waals surface area contributed by atoms with Crippen LogP contribution in [0.3, 0.4) is 0 Å². The summed E-state index contributed by atoms with van der Waals surface area (Å²) in [5, 5.41) is 3.25. The molecule has 0 N–H and O–H groups in total. The molecule has 0 saturated carbocycles. The highest BCUT2D eigenvalue weighted by molar-refractivity contribution is 7.17. The van der Waals surface area contributed by atoms with E-state index >= 15 is 0 Å². The summed E-state index contributed by atoms with van der Waals surface area (Å²) in [4.78, 5) is 0. The third-order valence-electron chi connectivity index (χ3n) is 2.83. The van der Waals surface area contributed by atoms with Gasteiger partial charge in [0.2, 0.25) is 0 Å². The van der Waals surface area contributed by atoms with Gasteiger partial charge in [-0.3, -0.25) is 0 Å². The molecule has 1 heterocycles. The van der Waals surface area contributed by atoms with Crippen molar-refractivity contribution >= 4 is 33.0 Å². The highest BCUT2D eigenvalue weighted by Gasteiger charge is 2.09. The van der Waals surface area contributed by atoms with Gasteiger partial charge in [0.15, 0.2) is 0 Å². The molecule has 0 amide bonds. The van der Waals surface area contributed by atoms with Gasteiger partial charge < -0.3 is 4.74 Å². The topological polar surface area (TPSA) is 9.23 Å². The van der Waals surface area contributed by atoms with Crippen LogP contribution in [-0.4, -0.2) is 0 Å². The van der Waals surface area contributed by atoms with Gasteiger partial charge in [-0.15, -0.1) is 11.3 Å². The van der Waals surface area contributed by atoms with Gasteiger partial charge in [0.1, 0.15) is 18.2 Å². The summed E-state index contributed by atoms with van der Waals surface area (Å²) in [6, 6.07) is 12.2. The van der Waals surface area contributed by atoms with Gasteiger partial charge in [0.25, 0.3) is 0 Å². The van der Waals surface area contributed by atoms with Gasteiger partial charge in [-0.2, -0.15) is 0 Å². The van der Waals surface area contributed by atoms with E-state index in [0.717, 1.165) is 16.0 Å². The minimum Gasteiger partial charge on any atom is -0.489 e. The molecule has 0 aliphatic rings. The second-order valence-corrected chi connectivity index (χ2v) is 5.46. The third-order valence-corrected chi connectivity index (χ3v) is 4.08. The van der Waals surface area contributed by atoms with E-state index in [1.807, 2.05) is 11.4 Å². The average molecular weight is 293 g/mol. The molecule has 19 heavy (non-hydrogen) atoms. The molecular weight excluding hydrogens is 283 g/mol. The van der Waals surface area contributed by atoms with Crippen LogP contribution in [0.2, 0.25) is 5.02 Å². The second-order valence-electron chi connectivity index (χ2n) is 4.12. The molecule has 0 unspecified atom stereocenters. The number of benzene rings is 2. The Bertz CT molecular complexity index is 706. The van der Waals surface area contributed by atoms with E-state index in [1.54, 1.807) is 30.3 Å². The van der Waals surface area contributed by atoms with E-state index in [1.165, 1.54) is 17.4 Å². The molecule has 0 aliphatic carbocycles. The highest BCUT2D eigenvalue weighted by Crippen LogP contribution is 2.29. The molecule has 3 rings (SSSR count). The SMILES string of the molecule is Fc1cccc2scc(COc3ccc(Cl)cc3)c12. The number of ether oxygens (including phenoxy) is 1. The largest absolute Gasteiger partial charge is 0.489 e. The Morgan fingerprint density at radius 3 is 2.68 bits per heavy atom. The first kappa shape index (κ1) is 12.5. The van der Waals surface area contributed by atoms with Crippen LogP contribution in [0, 0.1) is 5.82 Å². The van der Waals surface area contributed by atoms with E-state index < -0.39 is 0 Å². The van der Waals surface area contributed by atoms with Gasteiger partial charge >= 0.3 is 0 Å². The van der Waals surface area contributed by atoms with E-state index in [2.05, 4.69) is 0 Å². The van der Waals surface area contributed by atoms with Crippen molar-refractivity contribution in [3.05, 3.63) is 64.2 Å². The zero-order valence-electron chi connectivity index (χ0n) is 9.90. The first-order valence-corrected chi connectivity index (χ1v) is 7.03. The van der Waals surface area contributed by atoms with Crippen molar-refractivity contribution in [3.63, 3.8) is 0 Å².